The van der Waals surface area contributed by atoms with Crippen LogP contribution in [0, 0.1) is 5.82 Å². The Hall–Kier alpha value is -3.30. The van der Waals surface area contributed by atoms with Gasteiger partial charge in [0, 0.05) is 20.6 Å². The van der Waals surface area contributed by atoms with Crippen LogP contribution >= 0.6 is 0 Å². The molecule has 0 aliphatic carbocycles. The molecular formula is C25H29FN2O5Si. The van der Waals surface area contributed by atoms with Crippen molar-refractivity contribution in [3.63, 3.8) is 0 Å². The zero-order valence-corrected chi connectivity index (χ0v) is 21.0. The van der Waals surface area contributed by atoms with Crippen LogP contribution in [0.25, 0.3) is 0 Å². The van der Waals surface area contributed by atoms with Gasteiger partial charge in [0.25, 0.3) is 11.5 Å². The lowest BCUT2D eigenvalue weighted by atomic mass is 9.95. The van der Waals surface area contributed by atoms with E-state index in [9.17, 15) is 18.8 Å². The highest BCUT2D eigenvalue weighted by Gasteiger charge is 2.31. The molecule has 0 bridgehead atoms. The van der Waals surface area contributed by atoms with Gasteiger partial charge in [-0.25, -0.2) is 4.39 Å². The molecule has 0 saturated carbocycles. The molecule has 0 saturated heterocycles. The lowest BCUT2D eigenvalue weighted by Gasteiger charge is -2.27. The Morgan fingerprint density at radius 2 is 1.74 bits per heavy atom. The number of likely N-dealkylation sites (N-methyl/N-ethyl adjacent to an activating group) is 1. The van der Waals surface area contributed by atoms with Crippen molar-refractivity contribution >= 4 is 25.0 Å². The number of carbonyl (C=O) groups excluding carboxylic acids is 2. The number of methoxy groups -OCH3 is 1. The van der Waals surface area contributed by atoms with Gasteiger partial charge in [-0.2, -0.15) is 5.16 Å². The van der Waals surface area contributed by atoms with Crippen LogP contribution in [0.2, 0.25) is 19.6 Å². The molecule has 9 heteroatoms. The molecular weight excluding hydrogens is 455 g/mol. The van der Waals surface area contributed by atoms with Gasteiger partial charge in [-0.1, -0.05) is 56.0 Å². The van der Waals surface area contributed by atoms with Crippen molar-refractivity contribution in [1.29, 1.82) is 0 Å². The molecule has 3 rings (SSSR count). The number of rotatable bonds is 9. The largest absolute Gasteiger partial charge is 0.380 e. The number of ether oxygens (including phenoxy) is 1. The van der Waals surface area contributed by atoms with Crippen molar-refractivity contribution in [2.24, 2.45) is 0 Å². The van der Waals surface area contributed by atoms with Crippen molar-refractivity contribution < 1.29 is 23.2 Å². The summed E-state index contributed by atoms with van der Waals surface area (Å²) in [5.41, 5.74) is 1.46. The number of carbonyl (C=O) groups is 2. The lowest BCUT2D eigenvalue weighted by molar-refractivity contribution is -0.122. The smallest absolute Gasteiger partial charge is 0.293 e. The highest BCUT2D eigenvalue weighted by atomic mass is 28.3. The van der Waals surface area contributed by atoms with Gasteiger partial charge in [0.05, 0.1) is 20.7 Å². The summed E-state index contributed by atoms with van der Waals surface area (Å²) in [7, 11) is 1.20. The number of aromatic amines is 1. The van der Waals surface area contributed by atoms with E-state index in [-0.39, 0.29) is 23.8 Å². The molecule has 1 N–H and O–H groups in total. The maximum Gasteiger partial charge on any atom is 0.293 e. The fraction of sp³-hybridized carbons (Fsp3) is 0.320. The highest BCUT2D eigenvalue weighted by molar-refractivity contribution is 6.88. The van der Waals surface area contributed by atoms with Gasteiger partial charge >= 0.3 is 0 Å². The summed E-state index contributed by atoms with van der Waals surface area (Å²) in [4.78, 5) is 39.1. The Morgan fingerprint density at radius 3 is 2.26 bits per heavy atom. The van der Waals surface area contributed by atoms with Gasteiger partial charge in [-0.3, -0.25) is 14.4 Å². The van der Waals surface area contributed by atoms with E-state index in [1.165, 1.54) is 18.0 Å². The molecule has 180 valence electrons. The van der Waals surface area contributed by atoms with Crippen molar-refractivity contribution in [2.45, 2.75) is 38.7 Å². The van der Waals surface area contributed by atoms with Gasteiger partial charge in [-0.15, -0.1) is 0 Å². The summed E-state index contributed by atoms with van der Waals surface area (Å²) >= 11 is 0. The van der Waals surface area contributed by atoms with Gasteiger partial charge in [-0.05, 0) is 27.9 Å². The van der Waals surface area contributed by atoms with E-state index in [0.717, 1.165) is 11.6 Å². The average molecular weight is 485 g/mol. The summed E-state index contributed by atoms with van der Waals surface area (Å²) in [6, 6.07) is 12.1. The topological polar surface area (TPSA) is 92.6 Å². The molecule has 0 radical (unpaired) electrons. The van der Waals surface area contributed by atoms with Crippen LogP contribution in [0.3, 0.4) is 0 Å². The van der Waals surface area contributed by atoms with E-state index in [0.29, 0.717) is 22.9 Å². The normalized spacial score (nSPS) is 12.4. The predicted molar refractivity (Wildman–Crippen MR) is 129 cm³/mol. The minimum atomic E-state index is -1.86. The number of hydrogen-bond donors (Lipinski definition) is 1. The van der Waals surface area contributed by atoms with E-state index in [2.05, 4.69) is 24.8 Å². The molecule has 1 unspecified atom stereocenters. The molecule has 7 nitrogen and oxygen atoms in total. The predicted octanol–water partition coefficient (Wildman–Crippen LogP) is 3.42. The van der Waals surface area contributed by atoms with Gasteiger partial charge in [0.1, 0.15) is 11.9 Å². The summed E-state index contributed by atoms with van der Waals surface area (Å²) in [5.74, 6) is -1.44. The number of hydrogen-bond acceptors (Lipinski definition) is 5. The zero-order valence-electron chi connectivity index (χ0n) is 20.0. The van der Waals surface area contributed by atoms with Crippen LogP contribution in [-0.4, -0.2) is 44.0 Å². The van der Waals surface area contributed by atoms with Crippen LogP contribution in [0.5, 0.6) is 0 Å². The molecule has 2 aromatic carbocycles. The van der Waals surface area contributed by atoms with Crippen LogP contribution in [0.4, 0.5) is 4.39 Å². The number of ketones is 1. The number of halogens is 1. The molecule has 0 aliphatic heterocycles. The first kappa shape index (κ1) is 25.3. The molecule has 1 atom stereocenters. The van der Waals surface area contributed by atoms with E-state index in [4.69, 9.17) is 9.26 Å². The molecule has 0 fully saturated rings. The van der Waals surface area contributed by atoms with E-state index in [1.807, 2.05) is 12.1 Å². The van der Waals surface area contributed by atoms with Crippen LogP contribution in [0.1, 0.15) is 33.3 Å². The quantitative estimate of drug-likeness (QED) is 0.470. The Balaban J connectivity index is 1.94. The minimum Gasteiger partial charge on any atom is -0.380 e. The van der Waals surface area contributed by atoms with Crippen LogP contribution < -0.4 is 10.7 Å². The second-order valence-electron chi connectivity index (χ2n) is 9.28. The highest BCUT2D eigenvalue weighted by Crippen LogP contribution is 2.25. The third-order valence-corrected chi connectivity index (χ3v) is 7.60. The fourth-order valence-electron chi connectivity index (χ4n) is 3.84. The Labute approximate surface area is 198 Å². The summed E-state index contributed by atoms with van der Waals surface area (Å²) in [6.45, 7) is 6.57. The van der Waals surface area contributed by atoms with Crippen LogP contribution in [-0.2, 0) is 22.6 Å². The van der Waals surface area contributed by atoms with Crippen LogP contribution in [0.15, 0.2) is 57.8 Å². The van der Waals surface area contributed by atoms with E-state index >= 15 is 0 Å². The maximum absolute atomic E-state index is 14.7. The second-order valence-corrected chi connectivity index (χ2v) is 14.3. The number of H-pyrrole nitrogens is 1. The van der Waals surface area contributed by atoms with E-state index in [1.54, 1.807) is 31.4 Å². The van der Waals surface area contributed by atoms with Crippen molar-refractivity contribution in [3.05, 3.63) is 87.2 Å². The number of aromatic nitrogens is 1. The monoisotopic (exact) mass is 484 g/mol. The second kappa shape index (κ2) is 10.3. The summed E-state index contributed by atoms with van der Waals surface area (Å²) < 4.78 is 24.8. The first-order chi connectivity index (χ1) is 16.0. The number of benzene rings is 2. The molecule has 1 aromatic heterocycles. The molecule has 3 aromatic rings. The zero-order chi connectivity index (χ0) is 25.0. The summed E-state index contributed by atoms with van der Waals surface area (Å²) in [5, 5.41) is 2.78. The molecule has 0 aliphatic rings. The van der Waals surface area contributed by atoms with Crippen molar-refractivity contribution in [1.82, 2.24) is 10.1 Å². The molecule has 1 heterocycles. The minimum absolute atomic E-state index is 0.0674. The first-order valence-corrected chi connectivity index (χ1v) is 14.4. The number of nitrogens with one attached hydrogen (secondary N) is 1. The standard InChI is InChI=1S/C25H29FN2O5Si/c1-28(25(31)21-14-23(30)27-33-21)24(18-9-6-16(7-10-18)15-32-2)20(29)13-17-8-11-22(19(26)12-17)34(3,4)5/h6-12,14,24H,13,15H2,1-5H3,(H,27,30). The van der Waals surface area contributed by atoms with E-state index < -0.39 is 25.6 Å². The van der Waals surface area contributed by atoms with Gasteiger partial charge in [0.2, 0.25) is 5.76 Å². The number of nitrogens with zero attached hydrogens (tertiary/aromatic N) is 1. The number of Topliss-reactive ketones (excluding diaryl/α,β-unsaturated/α-hetero) is 1. The maximum atomic E-state index is 14.7. The summed E-state index contributed by atoms with van der Waals surface area (Å²) in [6.07, 6.45) is -0.0674. The fourth-order valence-corrected chi connectivity index (χ4v) is 5.21. The van der Waals surface area contributed by atoms with Crippen molar-refractivity contribution in [2.75, 3.05) is 14.2 Å². The van der Waals surface area contributed by atoms with Crippen molar-refractivity contribution in [3.8, 4) is 0 Å². The van der Waals surface area contributed by atoms with Gasteiger partial charge in [0.15, 0.2) is 5.78 Å². The molecule has 1 amide bonds. The lowest BCUT2D eigenvalue weighted by Crippen LogP contribution is -2.40. The third kappa shape index (κ3) is 5.78. The number of amides is 1. The molecule has 0 spiro atoms. The Kier molecular flexibility index (Phi) is 7.68. The third-order valence-electron chi connectivity index (χ3n) is 5.57. The average Bonchev–Trinajstić information content (AvgIpc) is 3.20. The SMILES string of the molecule is COCc1ccc(C(C(=O)Cc2ccc([Si](C)(C)C)c(F)c2)N(C)C(=O)c2cc(=O)[nH]o2)cc1. The molecule has 34 heavy (non-hydrogen) atoms. The first-order valence-electron chi connectivity index (χ1n) is 10.9. The Morgan fingerprint density at radius 1 is 1.09 bits per heavy atom. The van der Waals surface area contributed by atoms with Gasteiger partial charge < -0.3 is 14.2 Å². The Bertz CT molecular complexity index is 1230.